The van der Waals surface area contributed by atoms with Crippen LogP contribution in [-0.4, -0.2) is 34.9 Å². The van der Waals surface area contributed by atoms with Gasteiger partial charge in [0, 0.05) is 24.4 Å². The van der Waals surface area contributed by atoms with E-state index in [1.165, 1.54) is 6.07 Å². The number of ether oxygens (including phenoxy) is 1. The smallest absolute Gasteiger partial charge is 0.340 e. The number of benzene rings is 1. The number of amides is 1. The Balaban J connectivity index is 2.00. The molecule has 1 amide bonds. The molecule has 1 aromatic carbocycles. The zero-order valence-corrected chi connectivity index (χ0v) is 14.6. The van der Waals surface area contributed by atoms with Crippen LogP contribution in [0.4, 0.5) is 5.69 Å². The summed E-state index contributed by atoms with van der Waals surface area (Å²) in [6.45, 7) is 1.96. The fourth-order valence-corrected chi connectivity index (χ4v) is 2.92. The number of non-ortho nitro benzene ring substituents is 1. The van der Waals surface area contributed by atoms with Crippen LogP contribution in [0.1, 0.15) is 43.0 Å². The number of nitro groups is 1. The molecule has 0 spiro atoms. The van der Waals surface area contributed by atoms with Crippen LogP contribution in [0.15, 0.2) is 30.0 Å². The van der Waals surface area contributed by atoms with E-state index in [-0.39, 0.29) is 22.2 Å². The molecule has 1 aliphatic carbocycles. The molecule has 8 heteroatoms. The number of nitrogens with zero attached hydrogens (tertiary/aromatic N) is 2. The molecule has 134 valence electrons. The van der Waals surface area contributed by atoms with Crippen LogP contribution in [0.5, 0.6) is 0 Å². The number of carbonyl (C=O) groups is 2. The van der Waals surface area contributed by atoms with Gasteiger partial charge in [-0.05, 0) is 38.7 Å². The summed E-state index contributed by atoms with van der Waals surface area (Å²) in [5.41, 5.74) is 0.724. The average Bonchev–Trinajstić information content (AvgIpc) is 2.61. The number of likely N-dealkylation sites (N-methyl/N-ethyl adjacent to an activating group) is 1. The number of hydrogen-bond donors (Lipinski definition) is 0. The van der Waals surface area contributed by atoms with Gasteiger partial charge in [-0.15, -0.1) is 0 Å². The summed E-state index contributed by atoms with van der Waals surface area (Å²) in [5.74, 6) is -1.09. The van der Waals surface area contributed by atoms with Gasteiger partial charge in [-0.1, -0.05) is 17.7 Å². The zero-order valence-electron chi connectivity index (χ0n) is 13.9. The first-order valence-electron chi connectivity index (χ1n) is 8.04. The van der Waals surface area contributed by atoms with Crippen LogP contribution in [-0.2, 0) is 9.53 Å². The van der Waals surface area contributed by atoms with Crippen LogP contribution in [0.3, 0.4) is 0 Å². The van der Waals surface area contributed by atoms with Gasteiger partial charge in [-0.25, -0.2) is 4.79 Å². The van der Waals surface area contributed by atoms with E-state index in [0.29, 0.717) is 6.54 Å². The molecule has 0 bridgehead atoms. The first-order valence-corrected chi connectivity index (χ1v) is 8.42. The lowest BCUT2D eigenvalue weighted by atomic mass is 10.0. The molecule has 0 fully saturated rings. The minimum absolute atomic E-state index is 0.0139. The van der Waals surface area contributed by atoms with Crippen LogP contribution >= 0.6 is 11.6 Å². The highest BCUT2D eigenvalue weighted by Crippen LogP contribution is 2.24. The molecule has 7 nitrogen and oxygen atoms in total. The van der Waals surface area contributed by atoms with Crippen molar-refractivity contribution in [2.75, 3.05) is 13.2 Å². The lowest BCUT2D eigenvalue weighted by Gasteiger charge is -2.26. The number of rotatable bonds is 6. The van der Waals surface area contributed by atoms with E-state index in [9.17, 15) is 19.7 Å². The molecule has 2 rings (SSSR count). The molecule has 0 N–H and O–H groups in total. The van der Waals surface area contributed by atoms with Gasteiger partial charge in [-0.3, -0.25) is 14.9 Å². The van der Waals surface area contributed by atoms with Gasteiger partial charge in [0.15, 0.2) is 6.61 Å². The van der Waals surface area contributed by atoms with Crippen molar-refractivity contribution in [2.24, 2.45) is 0 Å². The van der Waals surface area contributed by atoms with E-state index in [0.717, 1.165) is 43.5 Å². The molecule has 0 aromatic heterocycles. The molecular weight excluding hydrogens is 348 g/mol. The molecule has 0 unspecified atom stereocenters. The van der Waals surface area contributed by atoms with Crippen molar-refractivity contribution in [3.63, 3.8) is 0 Å². The van der Waals surface area contributed by atoms with Gasteiger partial charge in [0.2, 0.25) is 0 Å². The molecular formula is C17H19ClN2O5. The minimum atomic E-state index is -0.790. The summed E-state index contributed by atoms with van der Waals surface area (Å²) in [4.78, 5) is 36.1. The van der Waals surface area contributed by atoms with Crippen LogP contribution in [0.2, 0.25) is 5.02 Å². The second-order valence-electron chi connectivity index (χ2n) is 5.58. The third kappa shape index (κ3) is 4.79. The van der Waals surface area contributed by atoms with E-state index in [1.807, 2.05) is 13.0 Å². The predicted molar refractivity (Wildman–Crippen MR) is 92.3 cm³/mol. The van der Waals surface area contributed by atoms with Gasteiger partial charge in [0.1, 0.15) is 0 Å². The average molecular weight is 367 g/mol. The maximum Gasteiger partial charge on any atom is 0.340 e. The number of hydrogen-bond acceptors (Lipinski definition) is 5. The Morgan fingerprint density at radius 1 is 1.36 bits per heavy atom. The van der Waals surface area contributed by atoms with Crippen LogP contribution in [0.25, 0.3) is 0 Å². The summed E-state index contributed by atoms with van der Waals surface area (Å²) >= 11 is 5.89. The number of halogens is 1. The summed E-state index contributed by atoms with van der Waals surface area (Å²) in [6, 6.07) is 3.45. The Morgan fingerprint density at radius 2 is 2.12 bits per heavy atom. The number of allylic oxidation sites excluding steroid dienone is 2. The first-order chi connectivity index (χ1) is 11.9. The standard InChI is InChI=1S/C17H19ClN2O5/c1-2-19(12-6-4-3-5-7-12)16(21)11-25-17(22)14-9-8-13(20(23)24)10-15(14)18/h6,8-10H,2-5,7,11H2,1H3. The highest BCUT2D eigenvalue weighted by molar-refractivity contribution is 6.33. The van der Waals surface area contributed by atoms with Gasteiger partial charge >= 0.3 is 5.97 Å². The van der Waals surface area contributed by atoms with Gasteiger partial charge in [0.05, 0.1) is 15.5 Å². The maximum absolute atomic E-state index is 12.3. The SMILES string of the molecule is CCN(C(=O)COC(=O)c1ccc([N+](=O)[O-])cc1Cl)C1=CCCCC1. The zero-order chi connectivity index (χ0) is 18.4. The van der Waals surface area contributed by atoms with Crippen molar-refractivity contribution in [2.45, 2.75) is 32.6 Å². The van der Waals surface area contributed by atoms with Crippen molar-refractivity contribution in [3.05, 3.63) is 50.7 Å². The number of esters is 1. The topological polar surface area (TPSA) is 89.8 Å². The van der Waals surface area contributed by atoms with Crippen LogP contribution < -0.4 is 0 Å². The number of nitro benzene ring substituents is 1. The molecule has 1 aliphatic rings. The second kappa shape index (κ2) is 8.62. The van der Waals surface area contributed by atoms with Crippen LogP contribution in [0, 0.1) is 10.1 Å². The summed E-state index contributed by atoms with van der Waals surface area (Å²) < 4.78 is 5.03. The fourth-order valence-electron chi connectivity index (χ4n) is 2.67. The largest absolute Gasteiger partial charge is 0.452 e. The van der Waals surface area contributed by atoms with Crippen molar-refractivity contribution >= 4 is 29.2 Å². The Morgan fingerprint density at radius 3 is 2.68 bits per heavy atom. The molecule has 25 heavy (non-hydrogen) atoms. The highest BCUT2D eigenvalue weighted by atomic mass is 35.5. The molecule has 0 saturated heterocycles. The van der Waals surface area contributed by atoms with E-state index in [2.05, 4.69) is 0 Å². The molecule has 0 aliphatic heterocycles. The second-order valence-corrected chi connectivity index (χ2v) is 5.98. The van der Waals surface area contributed by atoms with Gasteiger partial charge in [-0.2, -0.15) is 0 Å². The quantitative estimate of drug-likeness (QED) is 0.435. The molecule has 0 heterocycles. The van der Waals surface area contributed by atoms with Gasteiger partial charge < -0.3 is 9.64 Å². The summed E-state index contributed by atoms with van der Waals surface area (Å²) in [6.07, 6.45) is 5.97. The molecule has 0 saturated carbocycles. The summed E-state index contributed by atoms with van der Waals surface area (Å²) in [7, 11) is 0. The summed E-state index contributed by atoms with van der Waals surface area (Å²) in [5, 5.41) is 10.6. The van der Waals surface area contributed by atoms with Crippen molar-refractivity contribution in [1.29, 1.82) is 0 Å². The Bertz CT molecular complexity index is 717. The Hall–Kier alpha value is -2.41. The molecule has 1 aromatic rings. The maximum atomic E-state index is 12.3. The lowest BCUT2D eigenvalue weighted by Crippen LogP contribution is -2.34. The van der Waals surface area contributed by atoms with E-state index in [1.54, 1.807) is 4.90 Å². The Kier molecular flexibility index (Phi) is 6.52. The minimum Gasteiger partial charge on any atom is -0.452 e. The first kappa shape index (κ1) is 18.9. The normalized spacial score (nSPS) is 13.8. The van der Waals surface area contributed by atoms with E-state index in [4.69, 9.17) is 16.3 Å². The highest BCUT2D eigenvalue weighted by Gasteiger charge is 2.21. The van der Waals surface area contributed by atoms with Crippen molar-refractivity contribution in [1.82, 2.24) is 4.90 Å². The van der Waals surface area contributed by atoms with E-state index >= 15 is 0 Å². The van der Waals surface area contributed by atoms with Crippen molar-refractivity contribution in [3.8, 4) is 0 Å². The number of carbonyl (C=O) groups excluding carboxylic acids is 2. The third-order valence-corrected chi connectivity index (χ3v) is 4.25. The molecule has 0 atom stereocenters. The fraction of sp³-hybridized carbons (Fsp3) is 0.412. The lowest BCUT2D eigenvalue weighted by molar-refractivity contribution is -0.384. The third-order valence-electron chi connectivity index (χ3n) is 3.94. The Labute approximate surface area is 150 Å². The predicted octanol–water partition coefficient (Wildman–Crippen LogP) is 3.71. The van der Waals surface area contributed by atoms with Crippen molar-refractivity contribution < 1.29 is 19.2 Å². The monoisotopic (exact) mass is 366 g/mol. The van der Waals surface area contributed by atoms with E-state index < -0.39 is 17.5 Å². The van der Waals surface area contributed by atoms with Gasteiger partial charge in [0.25, 0.3) is 11.6 Å². The molecule has 0 radical (unpaired) electrons.